The summed E-state index contributed by atoms with van der Waals surface area (Å²) in [5.41, 5.74) is 6.25. The molecule has 5 nitrogen and oxygen atoms in total. The average molecular weight is 278 g/mol. The maximum absolute atomic E-state index is 12.5. The van der Waals surface area contributed by atoms with Gasteiger partial charge in [0.25, 0.3) is 5.91 Å². The average Bonchev–Trinajstić information content (AvgIpc) is 2.46. The maximum Gasteiger partial charge on any atom is 0.257 e. The predicted molar refractivity (Wildman–Crippen MR) is 76.9 cm³/mol. The topological polar surface area (TPSA) is 75.8 Å². The Kier molecular flexibility index (Phi) is 4.49. The smallest absolute Gasteiger partial charge is 0.257 e. The number of hydrogen-bond acceptors (Lipinski definition) is 4. The number of nitrogens with zero attached hydrogens (tertiary/aromatic N) is 1. The number of nitrogens with two attached hydrogens (primary N) is 1. The van der Waals surface area contributed by atoms with Crippen molar-refractivity contribution in [3.05, 3.63) is 23.8 Å². The molecular weight excluding hydrogens is 256 g/mol. The normalized spacial score (nSPS) is 20.6. The van der Waals surface area contributed by atoms with Gasteiger partial charge in [-0.3, -0.25) is 4.79 Å². The molecule has 1 aliphatic rings. The fraction of sp³-hybridized carbons (Fsp3) is 0.533. The summed E-state index contributed by atoms with van der Waals surface area (Å²) in [7, 11) is 1.52. The number of aromatic hydroxyl groups is 1. The van der Waals surface area contributed by atoms with Crippen LogP contribution in [0.25, 0.3) is 0 Å². The van der Waals surface area contributed by atoms with Gasteiger partial charge in [-0.2, -0.15) is 0 Å². The van der Waals surface area contributed by atoms with E-state index in [4.69, 9.17) is 10.5 Å². The number of carbonyl (C=O) groups is 1. The number of hydrogen-bond donors (Lipinski definition) is 2. The molecule has 1 saturated heterocycles. The minimum absolute atomic E-state index is 0.0442. The molecule has 1 amide bonds. The van der Waals surface area contributed by atoms with Crippen LogP contribution in [0.4, 0.5) is 0 Å². The van der Waals surface area contributed by atoms with Crippen LogP contribution in [0.3, 0.4) is 0 Å². The van der Waals surface area contributed by atoms with Gasteiger partial charge in [0.15, 0.2) is 0 Å². The number of ether oxygens (including phenoxy) is 1. The number of likely N-dealkylation sites (tertiary alicyclic amines) is 1. The van der Waals surface area contributed by atoms with Crippen molar-refractivity contribution in [2.24, 2.45) is 11.7 Å². The summed E-state index contributed by atoms with van der Waals surface area (Å²) in [4.78, 5) is 14.2. The molecule has 0 aromatic heterocycles. The Morgan fingerprint density at radius 3 is 2.90 bits per heavy atom. The molecule has 20 heavy (non-hydrogen) atoms. The van der Waals surface area contributed by atoms with E-state index in [2.05, 4.69) is 0 Å². The Morgan fingerprint density at radius 1 is 1.55 bits per heavy atom. The van der Waals surface area contributed by atoms with E-state index in [9.17, 15) is 9.90 Å². The summed E-state index contributed by atoms with van der Waals surface area (Å²) >= 11 is 0. The number of amides is 1. The zero-order chi connectivity index (χ0) is 14.7. The van der Waals surface area contributed by atoms with Gasteiger partial charge in [0.05, 0.1) is 12.7 Å². The van der Waals surface area contributed by atoms with Gasteiger partial charge < -0.3 is 20.5 Å². The number of piperidine rings is 1. The number of carbonyl (C=O) groups excluding carboxylic acids is 1. The van der Waals surface area contributed by atoms with E-state index in [1.165, 1.54) is 13.2 Å². The third kappa shape index (κ3) is 3.04. The van der Waals surface area contributed by atoms with Crippen LogP contribution >= 0.6 is 0 Å². The molecule has 110 valence electrons. The second-order valence-electron chi connectivity index (χ2n) is 5.40. The standard InChI is InChI=1S/C15H22N2O3/c1-10(16)11-4-3-7-17(9-11)15(19)13-6-5-12(20-2)8-14(13)18/h5-6,8,10-11,18H,3-4,7,9,16H2,1-2H3. The molecule has 0 aliphatic carbocycles. The summed E-state index contributed by atoms with van der Waals surface area (Å²) in [6, 6.07) is 4.82. The van der Waals surface area contributed by atoms with Gasteiger partial charge in [-0.15, -0.1) is 0 Å². The molecule has 0 saturated carbocycles. The molecule has 1 aromatic carbocycles. The van der Waals surface area contributed by atoms with Crippen molar-refractivity contribution in [3.63, 3.8) is 0 Å². The quantitative estimate of drug-likeness (QED) is 0.880. The highest BCUT2D eigenvalue weighted by Crippen LogP contribution is 2.27. The van der Waals surface area contributed by atoms with Gasteiger partial charge in [-0.25, -0.2) is 0 Å². The molecule has 2 rings (SSSR count). The SMILES string of the molecule is COc1ccc(C(=O)N2CCCC(C(C)N)C2)c(O)c1. The van der Waals surface area contributed by atoms with Crippen LogP contribution in [0.1, 0.15) is 30.1 Å². The van der Waals surface area contributed by atoms with Gasteiger partial charge in [-0.05, 0) is 37.8 Å². The van der Waals surface area contributed by atoms with E-state index in [1.807, 2.05) is 6.92 Å². The first-order valence-electron chi connectivity index (χ1n) is 6.94. The Balaban J connectivity index is 2.14. The first-order chi connectivity index (χ1) is 9.52. The van der Waals surface area contributed by atoms with Crippen LogP contribution in [0, 0.1) is 5.92 Å². The van der Waals surface area contributed by atoms with Crippen molar-refractivity contribution in [3.8, 4) is 11.5 Å². The van der Waals surface area contributed by atoms with Crippen molar-refractivity contribution in [2.45, 2.75) is 25.8 Å². The van der Waals surface area contributed by atoms with E-state index < -0.39 is 0 Å². The van der Waals surface area contributed by atoms with E-state index in [0.29, 0.717) is 30.3 Å². The van der Waals surface area contributed by atoms with Crippen LogP contribution in [0.15, 0.2) is 18.2 Å². The Bertz CT molecular complexity index is 488. The monoisotopic (exact) mass is 278 g/mol. The number of phenols is 1. The Hall–Kier alpha value is -1.75. The van der Waals surface area contributed by atoms with Crippen LogP contribution in [-0.2, 0) is 0 Å². The van der Waals surface area contributed by atoms with E-state index in [1.54, 1.807) is 17.0 Å². The largest absolute Gasteiger partial charge is 0.507 e. The lowest BCUT2D eigenvalue weighted by atomic mass is 9.92. The maximum atomic E-state index is 12.5. The molecule has 0 spiro atoms. The molecule has 5 heteroatoms. The van der Waals surface area contributed by atoms with Gasteiger partial charge in [0, 0.05) is 25.2 Å². The van der Waals surface area contributed by atoms with Crippen molar-refractivity contribution in [1.82, 2.24) is 4.90 Å². The van der Waals surface area contributed by atoms with Crippen molar-refractivity contribution < 1.29 is 14.6 Å². The molecule has 2 unspecified atom stereocenters. The fourth-order valence-electron chi connectivity index (χ4n) is 2.61. The lowest BCUT2D eigenvalue weighted by Crippen LogP contribution is -2.45. The van der Waals surface area contributed by atoms with E-state index in [0.717, 1.165) is 12.8 Å². The molecular formula is C15H22N2O3. The molecule has 1 fully saturated rings. The lowest BCUT2D eigenvalue weighted by Gasteiger charge is -2.34. The number of benzene rings is 1. The molecule has 1 aromatic rings. The predicted octanol–water partition coefficient (Wildman–Crippen LogP) is 1.60. The van der Waals surface area contributed by atoms with Gasteiger partial charge >= 0.3 is 0 Å². The molecule has 1 heterocycles. The highest BCUT2D eigenvalue weighted by atomic mass is 16.5. The van der Waals surface area contributed by atoms with Crippen LogP contribution in [-0.4, -0.2) is 42.2 Å². The summed E-state index contributed by atoms with van der Waals surface area (Å²) in [6.07, 6.45) is 2.00. The Morgan fingerprint density at radius 2 is 2.30 bits per heavy atom. The second kappa shape index (κ2) is 6.13. The highest BCUT2D eigenvalue weighted by molar-refractivity contribution is 5.97. The van der Waals surface area contributed by atoms with Gasteiger partial charge in [0.2, 0.25) is 0 Å². The zero-order valence-electron chi connectivity index (χ0n) is 12.0. The molecule has 1 aliphatic heterocycles. The fourth-order valence-corrected chi connectivity index (χ4v) is 2.61. The van der Waals surface area contributed by atoms with Gasteiger partial charge in [0.1, 0.15) is 11.5 Å². The first-order valence-corrected chi connectivity index (χ1v) is 6.94. The number of phenolic OH excluding ortho intramolecular Hbond substituents is 1. The minimum Gasteiger partial charge on any atom is -0.507 e. The van der Waals surface area contributed by atoms with Crippen LogP contribution < -0.4 is 10.5 Å². The molecule has 0 radical (unpaired) electrons. The summed E-state index contributed by atoms with van der Waals surface area (Å²) in [6.45, 7) is 3.35. The summed E-state index contributed by atoms with van der Waals surface area (Å²) < 4.78 is 5.02. The minimum atomic E-state index is -0.143. The van der Waals surface area contributed by atoms with E-state index >= 15 is 0 Å². The van der Waals surface area contributed by atoms with Crippen LogP contribution in [0.5, 0.6) is 11.5 Å². The van der Waals surface area contributed by atoms with Crippen molar-refractivity contribution in [1.29, 1.82) is 0 Å². The number of methoxy groups -OCH3 is 1. The molecule has 0 bridgehead atoms. The first kappa shape index (κ1) is 14.7. The van der Waals surface area contributed by atoms with Crippen molar-refractivity contribution in [2.75, 3.05) is 20.2 Å². The Labute approximate surface area is 119 Å². The number of rotatable bonds is 3. The third-order valence-corrected chi connectivity index (χ3v) is 3.92. The third-order valence-electron chi connectivity index (χ3n) is 3.92. The molecule has 3 N–H and O–H groups in total. The zero-order valence-corrected chi connectivity index (χ0v) is 12.0. The van der Waals surface area contributed by atoms with Crippen LogP contribution in [0.2, 0.25) is 0 Å². The summed E-state index contributed by atoms with van der Waals surface area (Å²) in [5.74, 6) is 0.673. The van der Waals surface area contributed by atoms with E-state index in [-0.39, 0.29) is 17.7 Å². The van der Waals surface area contributed by atoms with Gasteiger partial charge in [-0.1, -0.05) is 0 Å². The van der Waals surface area contributed by atoms with Crippen molar-refractivity contribution >= 4 is 5.91 Å². The molecule has 2 atom stereocenters. The summed E-state index contributed by atoms with van der Waals surface area (Å²) in [5, 5.41) is 9.95. The highest BCUT2D eigenvalue weighted by Gasteiger charge is 2.27. The lowest BCUT2D eigenvalue weighted by molar-refractivity contribution is 0.0658. The second-order valence-corrected chi connectivity index (χ2v) is 5.40.